The first-order valence-corrected chi connectivity index (χ1v) is 10.1. The van der Waals surface area contributed by atoms with E-state index in [2.05, 4.69) is 0 Å². The summed E-state index contributed by atoms with van der Waals surface area (Å²) in [5, 5.41) is 0. The Bertz CT molecular complexity index is 1260. The van der Waals surface area contributed by atoms with E-state index in [0.717, 1.165) is 0 Å². The molecule has 8 nitrogen and oxygen atoms in total. The summed E-state index contributed by atoms with van der Waals surface area (Å²) in [6.07, 6.45) is 0. The zero-order valence-corrected chi connectivity index (χ0v) is 19.0. The highest BCUT2D eigenvalue weighted by Gasteiger charge is 2.26. The summed E-state index contributed by atoms with van der Waals surface area (Å²) >= 11 is 0. The Hall–Kier alpha value is -4.46. The van der Waals surface area contributed by atoms with Gasteiger partial charge in [0.25, 0.3) is 0 Å². The van der Waals surface area contributed by atoms with Crippen LogP contribution in [0.1, 0.15) is 41.4 Å². The van der Waals surface area contributed by atoms with Crippen LogP contribution in [0.4, 0.5) is 0 Å². The van der Waals surface area contributed by atoms with Crippen molar-refractivity contribution in [1.82, 2.24) is 0 Å². The van der Waals surface area contributed by atoms with Crippen molar-refractivity contribution in [2.45, 2.75) is 0 Å². The molecule has 8 heteroatoms. The fourth-order valence-electron chi connectivity index (χ4n) is 3.57. The average Bonchev–Trinajstić information content (AvgIpc) is 2.90. The summed E-state index contributed by atoms with van der Waals surface area (Å²) in [7, 11) is 4.87. The van der Waals surface area contributed by atoms with E-state index < -0.39 is 23.9 Å². The van der Waals surface area contributed by atoms with Gasteiger partial charge in [-0.15, -0.1) is 0 Å². The first-order chi connectivity index (χ1) is 16.4. The van der Waals surface area contributed by atoms with Gasteiger partial charge in [-0.05, 0) is 41.0 Å². The smallest absolute Gasteiger partial charge is 0.338 e. The predicted molar refractivity (Wildman–Crippen MR) is 123 cm³/mol. The first-order valence-electron chi connectivity index (χ1n) is 10.1. The minimum absolute atomic E-state index is 0.0264. The number of hydrogen-bond donors (Lipinski definition) is 0. The summed E-state index contributed by atoms with van der Waals surface area (Å²) in [5.74, 6) is -2.75. The van der Waals surface area contributed by atoms with E-state index in [0.29, 0.717) is 22.3 Å². The van der Waals surface area contributed by atoms with Gasteiger partial charge in [0.15, 0.2) is 0 Å². The zero-order valence-electron chi connectivity index (χ0n) is 19.0. The third-order valence-electron chi connectivity index (χ3n) is 5.16. The van der Waals surface area contributed by atoms with Crippen molar-refractivity contribution >= 4 is 23.9 Å². The van der Waals surface area contributed by atoms with Crippen LogP contribution in [-0.2, 0) is 18.9 Å². The summed E-state index contributed by atoms with van der Waals surface area (Å²) in [5.41, 5.74) is 2.06. The normalized spacial score (nSPS) is 10.2. The first kappa shape index (κ1) is 24.2. The maximum absolute atomic E-state index is 12.9. The third kappa shape index (κ3) is 4.66. The minimum atomic E-state index is -0.731. The van der Waals surface area contributed by atoms with Crippen LogP contribution >= 0.6 is 0 Å². The Balaban J connectivity index is 2.47. The zero-order chi connectivity index (χ0) is 24.8. The molecular weight excluding hydrogens is 440 g/mol. The Morgan fingerprint density at radius 3 is 1.65 bits per heavy atom. The van der Waals surface area contributed by atoms with Crippen LogP contribution in [0, 0.1) is 0 Å². The second-order valence-corrected chi connectivity index (χ2v) is 7.04. The second kappa shape index (κ2) is 10.4. The van der Waals surface area contributed by atoms with Crippen molar-refractivity contribution in [1.29, 1.82) is 0 Å². The monoisotopic (exact) mass is 462 g/mol. The molecule has 0 heterocycles. The molecule has 0 unspecified atom stereocenters. The summed E-state index contributed by atoms with van der Waals surface area (Å²) in [4.78, 5) is 50.1. The van der Waals surface area contributed by atoms with E-state index in [1.165, 1.54) is 52.7 Å². The molecule has 34 heavy (non-hydrogen) atoms. The van der Waals surface area contributed by atoms with Crippen LogP contribution < -0.4 is 0 Å². The predicted octanol–water partition coefficient (Wildman–Crippen LogP) is 4.17. The minimum Gasteiger partial charge on any atom is -0.465 e. The molecule has 0 fully saturated rings. The lowest BCUT2D eigenvalue weighted by Crippen LogP contribution is -2.12. The highest BCUT2D eigenvalue weighted by atomic mass is 16.5. The highest BCUT2D eigenvalue weighted by Crippen LogP contribution is 2.39. The van der Waals surface area contributed by atoms with Crippen LogP contribution in [0.2, 0.25) is 0 Å². The van der Waals surface area contributed by atoms with E-state index in [1.807, 2.05) is 6.07 Å². The van der Waals surface area contributed by atoms with Crippen LogP contribution in [0.25, 0.3) is 22.3 Å². The van der Waals surface area contributed by atoms with Gasteiger partial charge in [0.2, 0.25) is 0 Å². The van der Waals surface area contributed by atoms with Crippen molar-refractivity contribution < 1.29 is 38.1 Å². The maximum Gasteiger partial charge on any atom is 0.338 e. The lowest BCUT2D eigenvalue weighted by molar-refractivity contribution is 0.0580. The maximum atomic E-state index is 12.9. The molecule has 3 rings (SSSR count). The molecule has 0 aliphatic rings. The van der Waals surface area contributed by atoms with Gasteiger partial charge in [0, 0.05) is 5.56 Å². The number of esters is 4. The van der Waals surface area contributed by atoms with Crippen LogP contribution in [-0.4, -0.2) is 52.3 Å². The van der Waals surface area contributed by atoms with Gasteiger partial charge in [-0.2, -0.15) is 0 Å². The van der Waals surface area contributed by atoms with Gasteiger partial charge in [0.05, 0.1) is 50.7 Å². The Kier molecular flexibility index (Phi) is 7.43. The van der Waals surface area contributed by atoms with Gasteiger partial charge < -0.3 is 18.9 Å². The summed E-state index contributed by atoms with van der Waals surface area (Å²) < 4.78 is 19.5. The molecule has 174 valence electrons. The van der Waals surface area contributed by atoms with E-state index in [4.69, 9.17) is 18.9 Å². The molecule has 0 bridgehead atoms. The molecule has 3 aromatic carbocycles. The molecule has 0 aromatic heterocycles. The van der Waals surface area contributed by atoms with Crippen LogP contribution in [0.15, 0.2) is 60.7 Å². The molecule has 3 aromatic rings. The fourth-order valence-corrected chi connectivity index (χ4v) is 3.57. The van der Waals surface area contributed by atoms with E-state index in [9.17, 15) is 19.2 Å². The topological polar surface area (TPSA) is 105 Å². The molecule has 0 aliphatic heterocycles. The second-order valence-electron chi connectivity index (χ2n) is 7.04. The number of methoxy groups -OCH3 is 4. The molecule has 0 saturated heterocycles. The van der Waals surface area contributed by atoms with Crippen molar-refractivity contribution in [3.05, 3.63) is 82.9 Å². The Morgan fingerprint density at radius 1 is 0.529 bits per heavy atom. The molecule has 0 spiro atoms. The van der Waals surface area contributed by atoms with E-state index in [-0.39, 0.29) is 22.3 Å². The number of hydrogen-bond acceptors (Lipinski definition) is 8. The van der Waals surface area contributed by atoms with Crippen molar-refractivity contribution in [3.63, 3.8) is 0 Å². The largest absolute Gasteiger partial charge is 0.465 e. The Labute approximate surface area is 196 Å². The third-order valence-corrected chi connectivity index (χ3v) is 5.16. The molecule has 0 aliphatic carbocycles. The number of benzene rings is 3. The molecular formula is C26H22O8. The molecule has 0 amide bonds. The van der Waals surface area contributed by atoms with Gasteiger partial charge in [-0.1, -0.05) is 36.4 Å². The van der Waals surface area contributed by atoms with Crippen molar-refractivity contribution in [2.75, 3.05) is 28.4 Å². The molecule has 0 saturated carbocycles. The highest BCUT2D eigenvalue weighted by molar-refractivity contribution is 6.10. The lowest BCUT2D eigenvalue weighted by Gasteiger charge is -2.19. The van der Waals surface area contributed by atoms with Crippen LogP contribution in [0.3, 0.4) is 0 Å². The summed E-state index contributed by atoms with van der Waals surface area (Å²) in [6, 6.07) is 16.2. The quantitative estimate of drug-likeness (QED) is 0.397. The Morgan fingerprint density at radius 2 is 1.06 bits per heavy atom. The van der Waals surface area contributed by atoms with Gasteiger partial charge >= 0.3 is 23.9 Å². The number of ether oxygens (including phenoxy) is 4. The number of rotatable bonds is 6. The number of carbonyl (C=O) groups is 4. The summed E-state index contributed by atoms with van der Waals surface area (Å²) in [6.45, 7) is 0. The van der Waals surface area contributed by atoms with Crippen LogP contribution in [0.5, 0.6) is 0 Å². The average molecular weight is 462 g/mol. The van der Waals surface area contributed by atoms with Crippen molar-refractivity contribution in [2.24, 2.45) is 0 Å². The lowest BCUT2D eigenvalue weighted by atomic mass is 9.86. The number of carbonyl (C=O) groups excluding carboxylic acids is 4. The fraction of sp³-hybridized carbons (Fsp3) is 0.154. The molecule has 0 N–H and O–H groups in total. The van der Waals surface area contributed by atoms with E-state index >= 15 is 0 Å². The van der Waals surface area contributed by atoms with Gasteiger partial charge in [-0.3, -0.25) is 0 Å². The van der Waals surface area contributed by atoms with Gasteiger partial charge in [0.1, 0.15) is 0 Å². The van der Waals surface area contributed by atoms with Crippen molar-refractivity contribution in [3.8, 4) is 22.3 Å². The SMILES string of the molecule is COC(=O)c1ccc(-c2c(C(=O)OC)cc(C(=O)OC)cc2-c2ccccc2)c(C(=O)OC)c1. The van der Waals surface area contributed by atoms with Gasteiger partial charge in [-0.25, -0.2) is 19.2 Å². The van der Waals surface area contributed by atoms with E-state index in [1.54, 1.807) is 30.3 Å². The molecule has 0 atom stereocenters. The molecule has 0 radical (unpaired) electrons. The standard InChI is InChI=1S/C26H22O8/c1-31-23(27)16-10-11-18(20(12-16)25(29)33-3)22-19(15-8-6-5-7-9-15)13-17(24(28)32-2)14-21(22)26(30)34-4/h5-14H,1-4H3.